The van der Waals surface area contributed by atoms with Gasteiger partial charge < -0.3 is 15.0 Å². The Labute approximate surface area is 229 Å². The average molecular weight is 566 g/mol. The van der Waals surface area contributed by atoms with Crippen LogP contribution in [0.4, 0.5) is 0 Å². The summed E-state index contributed by atoms with van der Waals surface area (Å²) in [7, 11) is 0. The number of carbonyl (C=O) groups is 2. The van der Waals surface area contributed by atoms with Gasteiger partial charge in [0.25, 0.3) is 5.91 Å². The van der Waals surface area contributed by atoms with Crippen LogP contribution in [0.3, 0.4) is 0 Å². The molecule has 0 saturated heterocycles. The molecule has 0 fully saturated rings. The average Bonchev–Trinajstić information content (AvgIpc) is 2.88. The first-order chi connectivity index (χ1) is 17.7. The molecule has 0 unspecified atom stereocenters. The molecule has 2 atom stereocenters. The second-order valence-corrected chi connectivity index (χ2v) is 10.6. The summed E-state index contributed by atoms with van der Waals surface area (Å²) in [5.41, 5.74) is 5.13. The quantitative estimate of drug-likeness (QED) is 0.297. The van der Waals surface area contributed by atoms with Gasteiger partial charge in [-0.2, -0.15) is 0 Å². The number of amides is 2. The summed E-state index contributed by atoms with van der Waals surface area (Å²) >= 11 is 3.48. The summed E-state index contributed by atoms with van der Waals surface area (Å²) in [4.78, 5) is 29.0. The molecule has 3 aromatic rings. The number of nitrogens with one attached hydrogen (secondary N) is 1. The first-order valence-corrected chi connectivity index (χ1v) is 13.6. The molecule has 196 valence electrons. The zero-order valence-corrected chi connectivity index (χ0v) is 24.0. The van der Waals surface area contributed by atoms with Crippen molar-refractivity contribution in [3.8, 4) is 5.75 Å². The molecule has 3 rings (SSSR count). The Morgan fingerprint density at radius 3 is 2.30 bits per heavy atom. The topological polar surface area (TPSA) is 58.6 Å². The van der Waals surface area contributed by atoms with Gasteiger partial charge in [-0.05, 0) is 80.1 Å². The molecule has 6 heteroatoms. The van der Waals surface area contributed by atoms with Crippen molar-refractivity contribution >= 4 is 27.7 Å². The minimum Gasteiger partial charge on any atom is -0.483 e. The monoisotopic (exact) mass is 564 g/mol. The van der Waals surface area contributed by atoms with Crippen LogP contribution in [0.5, 0.6) is 5.75 Å². The highest BCUT2D eigenvalue weighted by Crippen LogP contribution is 2.24. The van der Waals surface area contributed by atoms with Crippen LogP contribution in [0.25, 0.3) is 0 Å². The normalized spacial score (nSPS) is 12.5. The van der Waals surface area contributed by atoms with Gasteiger partial charge in [0.15, 0.2) is 6.61 Å². The predicted molar refractivity (Wildman–Crippen MR) is 153 cm³/mol. The number of hydrogen-bond donors (Lipinski definition) is 1. The number of ether oxygens (including phenoxy) is 1. The van der Waals surface area contributed by atoms with Crippen LogP contribution in [0.1, 0.15) is 48.1 Å². The molecule has 0 aliphatic rings. The zero-order valence-electron chi connectivity index (χ0n) is 22.4. The van der Waals surface area contributed by atoms with E-state index >= 15 is 0 Å². The molecule has 0 aliphatic carbocycles. The lowest BCUT2D eigenvalue weighted by Gasteiger charge is -2.32. The van der Waals surface area contributed by atoms with Crippen LogP contribution >= 0.6 is 15.9 Å². The number of nitrogens with zero attached hydrogens (tertiary/aromatic N) is 1. The van der Waals surface area contributed by atoms with Gasteiger partial charge in [0, 0.05) is 23.5 Å². The summed E-state index contributed by atoms with van der Waals surface area (Å²) in [6, 6.07) is 21.0. The van der Waals surface area contributed by atoms with Crippen molar-refractivity contribution in [3.05, 3.63) is 99.0 Å². The Kier molecular flexibility index (Phi) is 10.3. The Morgan fingerprint density at radius 1 is 0.973 bits per heavy atom. The Hall–Kier alpha value is -3.12. The number of hydrogen-bond acceptors (Lipinski definition) is 3. The van der Waals surface area contributed by atoms with Crippen LogP contribution in [0, 0.1) is 20.8 Å². The molecule has 0 aromatic heterocycles. The first kappa shape index (κ1) is 28.5. The minimum atomic E-state index is -0.684. The highest BCUT2D eigenvalue weighted by Gasteiger charge is 2.31. The lowest BCUT2D eigenvalue weighted by atomic mass is 10.0. The van der Waals surface area contributed by atoms with E-state index in [0.29, 0.717) is 18.7 Å². The van der Waals surface area contributed by atoms with Gasteiger partial charge in [0.2, 0.25) is 5.91 Å². The minimum absolute atomic E-state index is 0.00424. The first-order valence-electron chi connectivity index (χ1n) is 12.8. The zero-order chi connectivity index (χ0) is 26.9. The fourth-order valence-corrected chi connectivity index (χ4v) is 4.42. The van der Waals surface area contributed by atoms with E-state index in [1.54, 1.807) is 4.90 Å². The van der Waals surface area contributed by atoms with Crippen LogP contribution in [-0.4, -0.2) is 35.4 Å². The molecular formula is C31H37BrN2O3. The molecule has 37 heavy (non-hydrogen) atoms. The lowest BCUT2D eigenvalue weighted by molar-refractivity contribution is -0.143. The summed E-state index contributed by atoms with van der Waals surface area (Å²) in [6.07, 6.45) is 1.22. The molecule has 2 amide bonds. The smallest absolute Gasteiger partial charge is 0.261 e. The van der Waals surface area contributed by atoms with Crippen LogP contribution in [-0.2, 0) is 22.6 Å². The van der Waals surface area contributed by atoms with Gasteiger partial charge in [-0.15, -0.1) is 0 Å². The highest BCUT2D eigenvalue weighted by atomic mass is 79.9. The molecule has 0 aliphatic heterocycles. The van der Waals surface area contributed by atoms with Crippen LogP contribution in [0.15, 0.2) is 71.2 Å². The molecule has 3 aromatic carbocycles. The maximum absolute atomic E-state index is 13.8. The largest absolute Gasteiger partial charge is 0.483 e. The summed E-state index contributed by atoms with van der Waals surface area (Å²) in [6.45, 7) is 10.2. The van der Waals surface area contributed by atoms with Gasteiger partial charge in [-0.3, -0.25) is 9.59 Å². The van der Waals surface area contributed by atoms with Crippen molar-refractivity contribution in [2.45, 2.75) is 66.1 Å². The maximum Gasteiger partial charge on any atom is 0.261 e. The highest BCUT2D eigenvalue weighted by molar-refractivity contribution is 9.10. The molecule has 0 bridgehead atoms. The number of halogens is 1. The molecule has 0 saturated carbocycles. The second kappa shape index (κ2) is 13.4. The number of aryl methyl sites for hydroxylation is 2. The van der Waals surface area contributed by atoms with E-state index in [4.69, 9.17) is 4.74 Å². The van der Waals surface area contributed by atoms with Gasteiger partial charge in [0.05, 0.1) is 0 Å². The van der Waals surface area contributed by atoms with E-state index in [9.17, 15) is 9.59 Å². The molecule has 0 heterocycles. The van der Waals surface area contributed by atoms with Crippen molar-refractivity contribution in [1.29, 1.82) is 0 Å². The van der Waals surface area contributed by atoms with E-state index in [2.05, 4.69) is 27.3 Å². The van der Waals surface area contributed by atoms with E-state index in [1.807, 2.05) is 95.3 Å². The summed E-state index contributed by atoms with van der Waals surface area (Å²) in [5, 5.41) is 3.10. The van der Waals surface area contributed by atoms with Gasteiger partial charge in [0.1, 0.15) is 11.8 Å². The van der Waals surface area contributed by atoms with Gasteiger partial charge in [-0.1, -0.05) is 71.4 Å². The van der Waals surface area contributed by atoms with Crippen molar-refractivity contribution in [3.63, 3.8) is 0 Å². The van der Waals surface area contributed by atoms with Gasteiger partial charge in [-0.25, -0.2) is 0 Å². The fraction of sp³-hybridized carbons (Fsp3) is 0.355. The number of rotatable bonds is 11. The van der Waals surface area contributed by atoms with Crippen molar-refractivity contribution in [2.75, 3.05) is 6.61 Å². The third kappa shape index (κ3) is 8.19. The van der Waals surface area contributed by atoms with Gasteiger partial charge >= 0.3 is 0 Å². The molecule has 1 N–H and O–H groups in total. The number of carbonyl (C=O) groups excluding carboxylic acids is 2. The summed E-state index contributed by atoms with van der Waals surface area (Å²) < 4.78 is 7.01. The Balaban J connectivity index is 1.94. The van der Waals surface area contributed by atoms with E-state index in [1.165, 1.54) is 0 Å². The lowest BCUT2D eigenvalue weighted by Crippen LogP contribution is -2.53. The van der Waals surface area contributed by atoms with E-state index in [0.717, 1.165) is 38.7 Å². The summed E-state index contributed by atoms with van der Waals surface area (Å²) in [5.74, 6) is 0.297. The third-order valence-electron chi connectivity index (χ3n) is 6.65. The third-order valence-corrected chi connectivity index (χ3v) is 7.18. The maximum atomic E-state index is 13.8. The SMILES string of the molecule is CC[C@@H](C)NC(=O)[C@H](Cc1ccccc1)N(Cc1ccc(Br)cc1)C(=O)COc1cc(C)cc(C)c1C. The second-order valence-electron chi connectivity index (χ2n) is 9.67. The molecule has 0 spiro atoms. The standard InChI is InChI=1S/C31H37BrN2O3/c1-6-23(4)33-31(36)28(18-25-10-8-7-9-11-25)34(19-26-12-14-27(32)15-13-26)30(35)20-37-29-17-21(2)16-22(3)24(29)5/h7-17,23,28H,6,18-20H2,1-5H3,(H,33,36)/t23-,28+/m1/s1. The van der Waals surface area contributed by atoms with Crippen molar-refractivity contribution < 1.29 is 14.3 Å². The van der Waals surface area contributed by atoms with E-state index < -0.39 is 6.04 Å². The Bertz CT molecular complexity index is 1200. The van der Waals surface area contributed by atoms with Crippen LogP contribution in [0.2, 0.25) is 0 Å². The fourth-order valence-electron chi connectivity index (χ4n) is 4.15. The molecule has 5 nitrogen and oxygen atoms in total. The van der Waals surface area contributed by atoms with E-state index in [-0.39, 0.29) is 24.5 Å². The van der Waals surface area contributed by atoms with Crippen molar-refractivity contribution in [1.82, 2.24) is 10.2 Å². The Morgan fingerprint density at radius 2 is 1.65 bits per heavy atom. The molecular weight excluding hydrogens is 528 g/mol. The predicted octanol–water partition coefficient (Wildman–Crippen LogP) is 6.31. The van der Waals surface area contributed by atoms with Crippen LogP contribution < -0.4 is 10.1 Å². The number of benzene rings is 3. The molecule has 0 radical (unpaired) electrons. The van der Waals surface area contributed by atoms with Crippen molar-refractivity contribution in [2.24, 2.45) is 0 Å².